The van der Waals surface area contributed by atoms with Gasteiger partial charge in [0.05, 0.1) is 11.9 Å². The number of halogens is 1. The van der Waals surface area contributed by atoms with Gasteiger partial charge in [0.15, 0.2) is 0 Å². The first-order valence-electron chi connectivity index (χ1n) is 6.32. The van der Waals surface area contributed by atoms with Crippen molar-refractivity contribution in [3.05, 3.63) is 39.8 Å². The van der Waals surface area contributed by atoms with E-state index >= 15 is 0 Å². The quantitative estimate of drug-likeness (QED) is 0.740. The zero-order valence-electron chi connectivity index (χ0n) is 11.1. The molecule has 0 saturated carbocycles. The van der Waals surface area contributed by atoms with Gasteiger partial charge in [-0.1, -0.05) is 35.0 Å². The summed E-state index contributed by atoms with van der Waals surface area (Å²) >= 11 is 5.30. The molecule has 1 unspecified atom stereocenters. The Morgan fingerprint density at radius 3 is 2.58 bits per heavy atom. The molecule has 0 spiro atoms. The van der Waals surface area contributed by atoms with Gasteiger partial charge in [0.25, 0.3) is 0 Å². The summed E-state index contributed by atoms with van der Waals surface area (Å²) < 4.78 is 5.15. The van der Waals surface area contributed by atoms with Gasteiger partial charge in [-0.2, -0.15) is 0 Å². The summed E-state index contributed by atoms with van der Waals surface area (Å²) in [6, 6.07) is 8.18. The Bertz CT molecular complexity index is 512. The van der Waals surface area contributed by atoms with Crippen molar-refractivity contribution < 1.29 is 4.74 Å². The molecule has 2 rings (SSSR count). The van der Waals surface area contributed by atoms with E-state index < -0.39 is 0 Å². The van der Waals surface area contributed by atoms with Gasteiger partial charge < -0.3 is 4.74 Å². The van der Waals surface area contributed by atoms with Crippen molar-refractivity contribution in [2.24, 2.45) is 0 Å². The number of rotatable bonds is 6. The SMILES string of the molecule is CCC(Br)c1nnc(CCc2ccc(OC)cc2)s1. The van der Waals surface area contributed by atoms with Crippen LogP contribution in [0.15, 0.2) is 24.3 Å². The maximum Gasteiger partial charge on any atom is 0.131 e. The van der Waals surface area contributed by atoms with Gasteiger partial charge in [0, 0.05) is 6.42 Å². The molecule has 3 nitrogen and oxygen atoms in total. The molecule has 0 aliphatic carbocycles. The van der Waals surface area contributed by atoms with Crippen LogP contribution >= 0.6 is 27.3 Å². The van der Waals surface area contributed by atoms with Crippen molar-refractivity contribution in [3.8, 4) is 5.75 Å². The summed E-state index contributed by atoms with van der Waals surface area (Å²) in [5.74, 6) is 0.895. The van der Waals surface area contributed by atoms with Crippen molar-refractivity contribution in [1.29, 1.82) is 0 Å². The summed E-state index contributed by atoms with van der Waals surface area (Å²) in [7, 11) is 1.68. The number of nitrogens with zero attached hydrogens (tertiary/aromatic N) is 2. The molecular formula is C14H17BrN2OS. The maximum atomic E-state index is 5.15. The van der Waals surface area contributed by atoms with Gasteiger partial charge in [0.2, 0.25) is 0 Å². The molecule has 0 saturated heterocycles. The summed E-state index contributed by atoms with van der Waals surface area (Å²) in [5, 5.41) is 10.7. The highest BCUT2D eigenvalue weighted by Crippen LogP contribution is 2.28. The Hall–Kier alpha value is -0.940. The fourth-order valence-corrected chi connectivity index (χ4v) is 2.99. The van der Waals surface area contributed by atoms with Crippen molar-refractivity contribution in [1.82, 2.24) is 10.2 Å². The minimum atomic E-state index is 0.333. The monoisotopic (exact) mass is 340 g/mol. The highest BCUT2D eigenvalue weighted by molar-refractivity contribution is 9.09. The first-order chi connectivity index (χ1) is 9.22. The molecule has 1 aromatic carbocycles. The Kier molecular flexibility index (Phi) is 5.34. The van der Waals surface area contributed by atoms with Gasteiger partial charge in [0.1, 0.15) is 15.8 Å². The second-order valence-corrected chi connectivity index (χ2v) is 6.46. The minimum Gasteiger partial charge on any atom is -0.497 e. The number of alkyl halides is 1. The molecule has 1 atom stereocenters. The van der Waals surface area contributed by atoms with Gasteiger partial charge >= 0.3 is 0 Å². The summed E-state index contributed by atoms with van der Waals surface area (Å²) in [5.41, 5.74) is 1.29. The van der Waals surface area contributed by atoms with Gasteiger partial charge in [-0.3, -0.25) is 0 Å². The van der Waals surface area contributed by atoms with E-state index in [-0.39, 0.29) is 0 Å². The average Bonchev–Trinajstić information content (AvgIpc) is 2.93. The van der Waals surface area contributed by atoms with Crippen LogP contribution in [-0.4, -0.2) is 17.3 Å². The molecule has 19 heavy (non-hydrogen) atoms. The molecule has 0 amide bonds. The molecule has 102 valence electrons. The summed E-state index contributed by atoms with van der Waals surface area (Å²) in [6.07, 6.45) is 2.96. The molecule has 0 fully saturated rings. The van der Waals surface area contributed by atoms with E-state index in [1.54, 1.807) is 18.4 Å². The smallest absolute Gasteiger partial charge is 0.131 e. The fourth-order valence-electron chi connectivity index (χ4n) is 1.71. The molecule has 5 heteroatoms. The molecule has 0 bridgehead atoms. The molecule has 0 aliphatic heterocycles. The number of aryl methyl sites for hydroxylation is 2. The van der Waals surface area contributed by atoms with E-state index in [1.807, 2.05) is 12.1 Å². The number of methoxy groups -OCH3 is 1. The minimum absolute atomic E-state index is 0.333. The third-order valence-corrected chi connectivity index (χ3v) is 5.38. The first kappa shape index (κ1) is 14.5. The lowest BCUT2D eigenvalue weighted by molar-refractivity contribution is 0.414. The largest absolute Gasteiger partial charge is 0.497 e. The molecular weight excluding hydrogens is 324 g/mol. The zero-order valence-corrected chi connectivity index (χ0v) is 13.5. The number of aromatic nitrogens is 2. The number of hydrogen-bond donors (Lipinski definition) is 0. The lowest BCUT2D eigenvalue weighted by atomic mass is 10.1. The van der Waals surface area contributed by atoms with Crippen LogP contribution in [-0.2, 0) is 12.8 Å². The second kappa shape index (κ2) is 7.01. The second-order valence-electron chi connectivity index (χ2n) is 4.26. The number of benzene rings is 1. The predicted molar refractivity (Wildman–Crippen MR) is 82.3 cm³/mol. The van der Waals surface area contributed by atoms with Crippen LogP contribution < -0.4 is 4.74 Å². The molecule has 0 radical (unpaired) electrons. The van der Waals surface area contributed by atoms with E-state index in [2.05, 4.69) is 45.2 Å². The van der Waals surface area contributed by atoms with E-state index in [9.17, 15) is 0 Å². The third-order valence-electron chi connectivity index (χ3n) is 2.90. The Balaban J connectivity index is 1.92. The van der Waals surface area contributed by atoms with Crippen LogP contribution in [0.4, 0.5) is 0 Å². The van der Waals surface area contributed by atoms with E-state index in [4.69, 9.17) is 4.74 Å². The first-order valence-corrected chi connectivity index (χ1v) is 8.05. The van der Waals surface area contributed by atoms with Gasteiger partial charge in [-0.15, -0.1) is 21.5 Å². The van der Waals surface area contributed by atoms with E-state index in [0.717, 1.165) is 35.0 Å². The standard InChI is InChI=1S/C14H17BrN2OS/c1-3-12(15)14-17-16-13(19-14)9-6-10-4-7-11(18-2)8-5-10/h4-5,7-8,12H,3,6,9H2,1-2H3. The predicted octanol–water partition coefficient (Wildman–Crippen LogP) is 4.18. The normalized spacial score (nSPS) is 12.4. The van der Waals surface area contributed by atoms with Crippen LogP contribution in [0.3, 0.4) is 0 Å². The molecule has 0 aliphatic rings. The summed E-state index contributed by atoms with van der Waals surface area (Å²) in [4.78, 5) is 0.333. The van der Waals surface area contributed by atoms with Crippen molar-refractivity contribution >= 4 is 27.3 Å². The van der Waals surface area contributed by atoms with Crippen LogP contribution in [0.5, 0.6) is 5.75 Å². The highest BCUT2D eigenvalue weighted by atomic mass is 79.9. The maximum absolute atomic E-state index is 5.15. The van der Waals surface area contributed by atoms with Gasteiger partial charge in [-0.25, -0.2) is 0 Å². The zero-order chi connectivity index (χ0) is 13.7. The topological polar surface area (TPSA) is 35.0 Å². The van der Waals surface area contributed by atoms with Crippen molar-refractivity contribution in [3.63, 3.8) is 0 Å². The third kappa shape index (κ3) is 4.01. The van der Waals surface area contributed by atoms with E-state index in [1.165, 1.54) is 5.56 Å². The Morgan fingerprint density at radius 1 is 1.21 bits per heavy atom. The highest BCUT2D eigenvalue weighted by Gasteiger charge is 2.11. The number of ether oxygens (including phenoxy) is 1. The molecule has 1 heterocycles. The Morgan fingerprint density at radius 2 is 1.95 bits per heavy atom. The lowest BCUT2D eigenvalue weighted by Gasteiger charge is -2.02. The van der Waals surface area contributed by atoms with Crippen LogP contribution in [0, 0.1) is 0 Å². The van der Waals surface area contributed by atoms with E-state index in [0.29, 0.717) is 4.83 Å². The summed E-state index contributed by atoms with van der Waals surface area (Å²) in [6.45, 7) is 2.14. The van der Waals surface area contributed by atoms with Crippen LogP contribution in [0.2, 0.25) is 0 Å². The Labute approximate surface area is 126 Å². The average molecular weight is 341 g/mol. The molecule has 2 aromatic rings. The fraction of sp³-hybridized carbons (Fsp3) is 0.429. The molecule has 1 aromatic heterocycles. The van der Waals surface area contributed by atoms with Crippen LogP contribution in [0.25, 0.3) is 0 Å². The lowest BCUT2D eigenvalue weighted by Crippen LogP contribution is -1.91. The number of hydrogen-bond acceptors (Lipinski definition) is 4. The van der Waals surface area contributed by atoms with Crippen molar-refractivity contribution in [2.75, 3.05) is 7.11 Å². The molecule has 0 N–H and O–H groups in total. The van der Waals surface area contributed by atoms with Crippen molar-refractivity contribution in [2.45, 2.75) is 31.0 Å². The van der Waals surface area contributed by atoms with Crippen LogP contribution in [0.1, 0.15) is 33.8 Å². The van der Waals surface area contributed by atoms with Gasteiger partial charge in [-0.05, 0) is 30.5 Å².